The average molecular weight is 285 g/mol. The number of aryl methyl sites for hydroxylation is 2. The van der Waals surface area contributed by atoms with Crippen LogP contribution in [0.4, 0.5) is 0 Å². The highest BCUT2D eigenvalue weighted by Gasteiger charge is 2.24. The predicted octanol–water partition coefficient (Wildman–Crippen LogP) is 3.94. The summed E-state index contributed by atoms with van der Waals surface area (Å²) >= 11 is 9.49. The van der Waals surface area contributed by atoms with Crippen molar-refractivity contribution in [2.24, 2.45) is 0 Å². The number of thiophene rings is 1. The van der Waals surface area contributed by atoms with E-state index in [-0.39, 0.29) is 0 Å². The number of nitrogens with zero attached hydrogens (tertiary/aromatic N) is 1. The summed E-state index contributed by atoms with van der Waals surface area (Å²) in [6, 6.07) is 2.57. The monoisotopic (exact) mass is 284 g/mol. The molecule has 2 aromatic heterocycles. The summed E-state index contributed by atoms with van der Waals surface area (Å²) < 4.78 is 0.909. The van der Waals surface area contributed by atoms with Crippen molar-refractivity contribution in [2.45, 2.75) is 32.4 Å². The Hall–Kier alpha value is -0.420. The molecule has 1 aliphatic carbocycles. The summed E-state index contributed by atoms with van der Waals surface area (Å²) in [4.78, 5) is 5.91. The lowest BCUT2D eigenvalue weighted by Gasteiger charge is -2.11. The molecule has 0 bridgehead atoms. The van der Waals surface area contributed by atoms with Crippen LogP contribution in [0.5, 0.6) is 0 Å². The number of hydrogen-bond acceptors (Lipinski definition) is 4. The minimum atomic E-state index is 0.456. The van der Waals surface area contributed by atoms with Gasteiger partial charge in [0.2, 0.25) is 0 Å². The van der Waals surface area contributed by atoms with Crippen LogP contribution in [0.2, 0.25) is 4.34 Å². The Morgan fingerprint density at radius 2 is 2.47 bits per heavy atom. The second kappa shape index (κ2) is 4.69. The molecule has 0 spiro atoms. The van der Waals surface area contributed by atoms with Crippen molar-refractivity contribution in [2.75, 3.05) is 0 Å². The lowest BCUT2D eigenvalue weighted by Crippen LogP contribution is -2.18. The molecule has 0 fully saturated rings. The van der Waals surface area contributed by atoms with Crippen LogP contribution in [0.15, 0.2) is 11.4 Å². The first-order valence-electron chi connectivity index (χ1n) is 5.65. The van der Waals surface area contributed by atoms with Crippen molar-refractivity contribution in [1.29, 1.82) is 0 Å². The molecule has 5 heteroatoms. The molecule has 3 rings (SSSR count). The zero-order valence-corrected chi connectivity index (χ0v) is 11.9. The number of halogens is 1. The summed E-state index contributed by atoms with van der Waals surface area (Å²) in [5.74, 6) is 0. The Morgan fingerprint density at radius 3 is 3.24 bits per heavy atom. The van der Waals surface area contributed by atoms with E-state index in [0.29, 0.717) is 6.04 Å². The fourth-order valence-electron chi connectivity index (χ4n) is 2.24. The maximum Gasteiger partial charge on any atom is 0.107 e. The normalized spacial score (nSPS) is 18.6. The van der Waals surface area contributed by atoms with Crippen LogP contribution in [0.1, 0.15) is 33.6 Å². The quantitative estimate of drug-likeness (QED) is 0.923. The molecule has 0 aromatic carbocycles. The lowest BCUT2D eigenvalue weighted by atomic mass is 10.2. The van der Waals surface area contributed by atoms with Gasteiger partial charge in [0.05, 0.1) is 4.34 Å². The molecule has 17 heavy (non-hydrogen) atoms. The Bertz CT molecular complexity index is 532. The van der Waals surface area contributed by atoms with Crippen LogP contribution in [-0.2, 0) is 13.0 Å². The number of aromatic nitrogens is 1. The third kappa shape index (κ3) is 2.40. The number of nitrogens with one attached hydrogen (secondary N) is 1. The number of fused-ring (bicyclic) bond motifs is 1. The molecular weight excluding hydrogens is 272 g/mol. The van der Waals surface area contributed by atoms with Gasteiger partial charge in [-0.1, -0.05) is 11.6 Å². The first-order chi connectivity index (χ1) is 8.22. The molecule has 1 atom stereocenters. The van der Waals surface area contributed by atoms with Gasteiger partial charge in [-0.05, 0) is 31.4 Å². The largest absolute Gasteiger partial charge is 0.303 e. The van der Waals surface area contributed by atoms with E-state index >= 15 is 0 Å². The van der Waals surface area contributed by atoms with Gasteiger partial charge in [-0.15, -0.1) is 22.7 Å². The smallest absolute Gasteiger partial charge is 0.107 e. The SMILES string of the molecule is Cc1csc(CNC2CCc3sc(Cl)cc32)n1. The van der Waals surface area contributed by atoms with Crippen molar-refractivity contribution in [3.63, 3.8) is 0 Å². The van der Waals surface area contributed by atoms with Gasteiger partial charge in [-0.2, -0.15) is 0 Å². The number of hydrogen-bond donors (Lipinski definition) is 1. The second-order valence-corrected chi connectivity index (χ2v) is 6.99. The van der Waals surface area contributed by atoms with E-state index in [1.807, 2.05) is 6.92 Å². The summed E-state index contributed by atoms with van der Waals surface area (Å²) in [6.45, 7) is 2.89. The van der Waals surface area contributed by atoms with Crippen molar-refractivity contribution in [3.8, 4) is 0 Å². The molecule has 1 aliphatic rings. The summed E-state index contributed by atoms with van der Waals surface area (Å²) in [6.07, 6.45) is 2.34. The highest BCUT2D eigenvalue weighted by Crippen LogP contribution is 2.39. The van der Waals surface area contributed by atoms with Gasteiger partial charge in [-0.3, -0.25) is 0 Å². The van der Waals surface area contributed by atoms with Gasteiger partial charge < -0.3 is 5.32 Å². The molecule has 2 nitrogen and oxygen atoms in total. The van der Waals surface area contributed by atoms with Crippen LogP contribution in [0, 0.1) is 6.92 Å². The van der Waals surface area contributed by atoms with E-state index in [9.17, 15) is 0 Å². The highest BCUT2D eigenvalue weighted by molar-refractivity contribution is 7.16. The van der Waals surface area contributed by atoms with Crippen molar-refractivity contribution < 1.29 is 0 Å². The molecule has 0 saturated heterocycles. The molecule has 2 heterocycles. The zero-order chi connectivity index (χ0) is 11.8. The van der Waals surface area contributed by atoms with Crippen molar-refractivity contribution >= 4 is 34.3 Å². The van der Waals surface area contributed by atoms with Crippen molar-refractivity contribution in [1.82, 2.24) is 10.3 Å². The van der Waals surface area contributed by atoms with Gasteiger partial charge >= 0.3 is 0 Å². The first-order valence-corrected chi connectivity index (χ1v) is 7.72. The van der Waals surface area contributed by atoms with E-state index in [2.05, 4.69) is 21.7 Å². The topological polar surface area (TPSA) is 24.9 Å². The van der Waals surface area contributed by atoms with Gasteiger partial charge in [0.15, 0.2) is 0 Å². The molecule has 1 N–H and O–H groups in total. The molecule has 0 radical (unpaired) electrons. The van der Waals surface area contributed by atoms with Crippen LogP contribution < -0.4 is 5.32 Å². The van der Waals surface area contributed by atoms with E-state index in [1.54, 1.807) is 22.7 Å². The van der Waals surface area contributed by atoms with Crippen molar-refractivity contribution in [3.05, 3.63) is 36.9 Å². The lowest BCUT2D eigenvalue weighted by molar-refractivity contribution is 0.529. The Labute approximate surface area is 114 Å². The fourth-order valence-corrected chi connectivity index (χ4v) is 4.32. The minimum absolute atomic E-state index is 0.456. The minimum Gasteiger partial charge on any atom is -0.303 e. The summed E-state index contributed by atoms with van der Waals surface area (Å²) in [5.41, 5.74) is 2.51. The molecule has 90 valence electrons. The van der Waals surface area contributed by atoms with Crippen LogP contribution in [0.25, 0.3) is 0 Å². The second-order valence-electron chi connectivity index (χ2n) is 4.28. The summed E-state index contributed by atoms with van der Waals surface area (Å²) in [5, 5.41) is 6.84. The van der Waals surface area contributed by atoms with E-state index < -0.39 is 0 Å². The molecule has 1 unspecified atom stereocenters. The third-order valence-corrected chi connectivity index (χ3v) is 5.32. The van der Waals surface area contributed by atoms with Gasteiger partial charge in [0, 0.05) is 28.5 Å². The number of thiazole rings is 1. The van der Waals surface area contributed by atoms with Gasteiger partial charge in [-0.25, -0.2) is 4.98 Å². The Kier molecular flexibility index (Phi) is 3.21. The van der Waals surface area contributed by atoms with Gasteiger partial charge in [0.1, 0.15) is 5.01 Å². The Morgan fingerprint density at radius 1 is 1.59 bits per heavy atom. The molecule has 0 aliphatic heterocycles. The molecule has 0 amide bonds. The highest BCUT2D eigenvalue weighted by atomic mass is 35.5. The van der Waals surface area contributed by atoms with E-state index in [4.69, 9.17) is 11.6 Å². The standard InChI is InChI=1S/C12H13ClN2S2/c1-7-6-16-12(15-7)5-14-9-2-3-10-8(9)4-11(13)17-10/h4,6,9,14H,2-3,5H2,1H3. The fraction of sp³-hybridized carbons (Fsp3) is 0.417. The maximum absolute atomic E-state index is 6.04. The Balaban J connectivity index is 1.67. The summed E-state index contributed by atoms with van der Waals surface area (Å²) in [7, 11) is 0. The molecular formula is C12H13ClN2S2. The maximum atomic E-state index is 6.04. The van der Waals surface area contributed by atoms with Crippen LogP contribution in [0.3, 0.4) is 0 Å². The van der Waals surface area contributed by atoms with E-state index in [1.165, 1.54) is 16.9 Å². The average Bonchev–Trinajstić information content (AvgIpc) is 2.92. The van der Waals surface area contributed by atoms with Crippen LogP contribution in [-0.4, -0.2) is 4.98 Å². The number of rotatable bonds is 3. The predicted molar refractivity (Wildman–Crippen MR) is 74.1 cm³/mol. The zero-order valence-electron chi connectivity index (χ0n) is 9.50. The molecule has 0 saturated carbocycles. The van der Waals surface area contributed by atoms with Gasteiger partial charge in [0.25, 0.3) is 0 Å². The van der Waals surface area contributed by atoms with Crippen LogP contribution >= 0.6 is 34.3 Å². The molecule has 2 aromatic rings. The van der Waals surface area contributed by atoms with E-state index in [0.717, 1.165) is 28.0 Å². The first kappa shape index (κ1) is 11.7. The third-order valence-electron chi connectivity index (χ3n) is 3.01.